The summed E-state index contributed by atoms with van der Waals surface area (Å²) in [5, 5.41) is 3.60. The summed E-state index contributed by atoms with van der Waals surface area (Å²) in [6.45, 7) is 2.37. The van der Waals surface area contributed by atoms with Gasteiger partial charge in [-0.15, -0.1) is 0 Å². The van der Waals surface area contributed by atoms with Crippen molar-refractivity contribution < 1.29 is 28.5 Å². The number of carbonyl (C=O) groups excluding carboxylic acids is 2. The van der Waals surface area contributed by atoms with Crippen molar-refractivity contribution in [1.82, 2.24) is 0 Å². The first-order valence-corrected chi connectivity index (χ1v) is 6.01. The smallest absolute Gasteiger partial charge is 0.303 e. The Morgan fingerprint density at radius 2 is 2.10 bits per heavy atom. The second-order valence-corrected chi connectivity index (χ2v) is 4.22. The molecule has 0 aromatic carbocycles. The quantitative estimate of drug-likeness (QED) is 0.321. The van der Waals surface area contributed by atoms with Crippen LogP contribution < -0.4 is 0 Å². The number of rotatable bonds is 5. The largest absolute Gasteiger partial charge is 0.463 e. The predicted octanol–water partition coefficient (Wildman–Crippen LogP) is 0.921. The number of hydrogen-bond acceptors (Lipinski definition) is 7. The fourth-order valence-corrected chi connectivity index (χ4v) is 1.92. The van der Waals surface area contributed by atoms with E-state index in [1.54, 1.807) is 0 Å². The van der Waals surface area contributed by atoms with E-state index in [0.29, 0.717) is 0 Å². The second-order valence-electron chi connectivity index (χ2n) is 4.22. The molecular formula is C11H17N3O6. The van der Waals surface area contributed by atoms with Crippen molar-refractivity contribution in [3.63, 3.8) is 0 Å². The minimum atomic E-state index is -0.825. The first-order valence-electron chi connectivity index (χ1n) is 6.01. The maximum atomic E-state index is 11.1. The van der Waals surface area contributed by atoms with Gasteiger partial charge in [-0.05, 0) is 5.53 Å². The molecule has 0 aromatic rings. The lowest BCUT2D eigenvalue weighted by atomic mass is 9.99. The van der Waals surface area contributed by atoms with Crippen LogP contribution in [0.1, 0.15) is 20.3 Å². The van der Waals surface area contributed by atoms with Crippen molar-refractivity contribution >= 4 is 11.9 Å². The molecule has 0 saturated carbocycles. The van der Waals surface area contributed by atoms with Crippen LogP contribution in [0.3, 0.4) is 0 Å². The molecule has 0 radical (unpaired) electrons. The molecule has 1 saturated heterocycles. The van der Waals surface area contributed by atoms with E-state index in [9.17, 15) is 9.59 Å². The van der Waals surface area contributed by atoms with Gasteiger partial charge < -0.3 is 18.9 Å². The molecular weight excluding hydrogens is 270 g/mol. The molecule has 1 aliphatic rings. The molecule has 112 valence electrons. The highest BCUT2D eigenvalue weighted by molar-refractivity contribution is 5.66. The van der Waals surface area contributed by atoms with E-state index in [1.807, 2.05) is 0 Å². The molecule has 9 heteroatoms. The molecule has 0 aromatic heterocycles. The summed E-state index contributed by atoms with van der Waals surface area (Å²) in [5.74, 6) is -1.03. The predicted molar refractivity (Wildman–Crippen MR) is 65.4 cm³/mol. The zero-order valence-corrected chi connectivity index (χ0v) is 11.5. The molecule has 0 N–H and O–H groups in total. The third kappa shape index (κ3) is 4.69. The highest BCUT2D eigenvalue weighted by Gasteiger charge is 2.41. The molecule has 0 aliphatic carbocycles. The Morgan fingerprint density at radius 1 is 1.40 bits per heavy atom. The normalized spacial score (nSPS) is 29.1. The minimum Gasteiger partial charge on any atom is -0.463 e. The topological polar surface area (TPSA) is 120 Å². The van der Waals surface area contributed by atoms with Gasteiger partial charge in [0.25, 0.3) is 0 Å². The van der Waals surface area contributed by atoms with Crippen molar-refractivity contribution in [3.05, 3.63) is 10.4 Å². The fourth-order valence-electron chi connectivity index (χ4n) is 1.92. The van der Waals surface area contributed by atoms with Crippen molar-refractivity contribution in [2.24, 2.45) is 5.11 Å². The van der Waals surface area contributed by atoms with Crippen molar-refractivity contribution in [2.45, 2.75) is 44.8 Å². The number of methoxy groups -OCH3 is 1. The van der Waals surface area contributed by atoms with Crippen molar-refractivity contribution in [2.75, 3.05) is 13.7 Å². The van der Waals surface area contributed by atoms with Gasteiger partial charge in [-0.25, -0.2) is 0 Å². The first kappa shape index (κ1) is 16.2. The number of azide groups is 1. The number of hydrogen-bond donors (Lipinski definition) is 0. The fraction of sp³-hybridized carbons (Fsp3) is 0.818. The van der Waals surface area contributed by atoms with Gasteiger partial charge in [-0.1, -0.05) is 5.11 Å². The van der Waals surface area contributed by atoms with Gasteiger partial charge in [0.15, 0.2) is 6.29 Å². The SMILES string of the molecule is CO[C@H]1C[C@@H](N=[N+]=[N-])[C@H](OC(C)=O)[C@@H](COC(C)=O)O1. The van der Waals surface area contributed by atoms with Crippen LogP contribution in [0.2, 0.25) is 0 Å². The summed E-state index contributed by atoms with van der Waals surface area (Å²) in [6, 6.07) is -0.650. The summed E-state index contributed by atoms with van der Waals surface area (Å²) < 4.78 is 20.6. The van der Waals surface area contributed by atoms with Crippen LogP contribution in [0.5, 0.6) is 0 Å². The average Bonchev–Trinajstić information content (AvgIpc) is 2.38. The Hall–Kier alpha value is -1.83. The summed E-state index contributed by atoms with van der Waals surface area (Å²) in [6.07, 6.45) is -1.96. The van der Waals surface area contributed by atoms with Crippen LogP contribution in [-0.2, 0) is 28.5 Å². The number of nitrogens with zero attached hydrogens (tertiary/aromatic N) is 3. The summed E-state index contributed by atoms with van der Waals surface area (Å²) in [7, 11) is 1.44. The van der Waals surface area contributed by atoms with Crippen LogP contribution in [0.25, 0.3) is 10.4 Å². The summed E-state index contributed by atoms with van der Waals surface area (Å²) in [4.78, 5) is 24.7. The maximum Gasteiger partial charge on any atom is 0.303 e. The van der Waals surface area contributed by atoms with Crippen LogP contribution in [0.4, 0.5) is 0 Å². The van der Waals surface area contributed by atoms with Gasteiger partial charge in [0.1, 0.15) is 18.8 Å². The average molecular weight is 287 g/mol. The molecule has 1 fully saturated rings. The lowest BCUT2D eigenvalue weighted by Crippen LogP contribution is -2.52. The Labute approximate surface area is 115 Å². The molecule has 20 heavy (non-hydrogen) atoms. The highest BCUT2D eigenvalue weighted by atomic mass is 16.7. The highest BCUT2D eigenvalue weighted by Crippen LogP contribution is 2.26. The van der Waals surface area contributed by atoms with Gasteiger partial charge in [0.2, 0.25) is 0 Å². The van der Waals surface area contributed by atoms with Gasteiger partial charge in [0.05, 0.1) is 6.04 Å². The molecule has 0 bridgehead atoms. The zero-order valence-electron chi connectivity index (χ0n) is 11.5. The zero-order chi connectivity index (χ0) is 15.1. The Kier molecular flexibility index (Phi) is 6.23. The Morgan fingerprint density at radius 3 is 2.60 bits per heavy atom. The maximum absolute atomic E-state index is 11.1. The van der Waals surface area contributed by atoms with Gasteiger partial charge in [-0.3, -0.25) is 9.59 Å². The molecule has 0 amide bonds. The summed E-state index contributed by atoms with van der Waals surface area (Å²) >= 11 is 0. The van der Waals surface area contributed by atoms with Crippen LogP contribution in [0.15, 0.2) is 5.11 Å². The van der Waals surface area contributed by atoms with E-state index in [-0.39, 0.29) is 13.0 Å². The van der Waals surface area contributed by atoms with Crippen LogP contribution in [0, 0.1) is 0 Å². The lowest BCUT2D eigenvalue weighted by Gasteiger charge is -2.38. The first-order chi connectivity index (χ1) is 9.47. The molecule has 4 atom stereocenters. The van der Waals surface area contributed by atoms with E-state index in [2.05, 4.69) is 10.0 Å². The van der Waals surface area contributed by atoms with Crippen LogP contribution >= 0.6 is 0 Å². The third-order valence-electron chi connectivity index (χ3n) is 2.72. The van der Waals surface area contributed by atoms with Crippen molar-refractivity contribution in [1.29, 1.82) is 0 Å². The van der Waals surface area contributed by atoms with Gasteiger partial charge in [-0.2, -0.15) is 0 Å². The molecule has 1 aliphatic heterocycles. The standard InChI is InChI=1S/C11H17N3O6/c1-6(15)18-5-9-11(19-7(2)16)8(13-14-12)4-10(17-3)20-9/h8-11H,4-5H2,1-3H3/t8-,9-,10-,11+/m1/s1. The molecule has 0 spiro atoms. The Bertz CT molecular complexity index is 409. The van der Waals surface area contributed by atoms with E-state index in [1.165, 1.54) is 21.0 Å². The van der Waals surface area contributed by atoms with Gasteiger partial charge >= 0.3 is 11.9 Å². The molecule has 9 nitrogen and oxygen atoms in total. The van der Waals surface area contributed by atoms with E-state index in [4.69, 9.17) is 24.5 Å². The van der Waals surface area contributed by atoms with E-state index in [0.717, 1.165) is 0 Å². The summed E-state index contributed by atoms with van der Waals surface area (Å²) in [5.41, 5.74) is 8.58. The monoisotopic (exact) mass is 287 g/mol. The third-order valence-corrected chi connectivity index (χ3v) is 2.72. The molecule has 0 unspecified atom stereocenters. The van der Waals surface area contributed by atoms with Crippen LogP contribution in [-0.4, -0.2) is 50.2 Å². The van der Waals surface area contributed by atoms with Gasteiger partial charge in [0, 0.05) is 32.3 Å². The van der Waals surface area contributed by atoms with E-state index < -0.39 is 36.5 Å². The second kappa shape index (κ2) is 7.68. The molecule has 1 rings (SSSR count). The van der Waals surface area contributed by atoms with Crippen molar-refractivity contribution in [3.8, 4) is 0 Å². The number of esters is 2. The Balaban J connectivity index is 2.88. The number of ether oxygens (including phenoxy) is 4. The minimum absolute atomic E-state index is 0.120. The lowest BCUT2D eigenvalue weighted by molar-refractivity contribution is -0.234. The number of carbonyl (C=O) groups is 2. The van der Waals surface area contributed by atoms with E-state index >= 15 is 0 Å². The molecule has 1 heterocycles.